The number of carbonyl (C=O) groups is 2. The highest BCUT2D eigenvalue weighted by Gasteiger charge is 2.47. The van der Waals surface area contributed by atoms with E-state index in [-0.39, 0.29) is 23.4 Å². The van der Waals surface area contributed by atoms with E-state index < -0.39 is 5.41 Å². The van der Waals surface area contributed by atoms with Gasteiger partial charge in [-0.25, -0.2) is 0 Å². The van der Waals surface area contributed by atoms with E-state index in [4.69, 9.17) is 5.26 Å². The fourth-order valence-corrected chi connectivity index (χ4v) is 2.06. The molecule has 1 saturated carbocycles. The lowest BCUT2D eigenvalue weighted by molar-refractivity contribution is -0.147. The van der Waals surface area contributed by atoms with E-state index in [9.17, 15) is 9.59 Å². The third-order valence-electron chi connectivity index (χ3n) is 3.25. The number of hydrogen-bond donors (Lipinski definition) is 0. The summed E-state index contributed by atoms with van der Waals surface area (Å²) in [6, 6.07) is 2.00. The summed E-state index contributed by atoms with van der Waals surface area (Å²) in [7, 11) is 0. The van der Waals surface area contributed by atoms with Crippen molar-refractivity contribution >= 4 is 11.6 Å². The smallest absolute Gasteiger partial charge is 0.146 e. The lowest BCUT2D eigenvalue weighted by Crippen LogP contribution is -2.45. The highest BCUT2D eigenvalue weighted by atomic mass is 16.2. The Labute approximate surface area is 90.5 Å². The van der Waals surface area contributed by atoms with Crippen molar-refractivity contribution in [3.8, 4) is 6.07 Å². The predicted molar refractivity (Wildman–Crippen MR) is 56.0 cm³/mol. The van der Waals surface area contributed by atoms with E-state index in [1.807, 2.05) is 19.9 Å². The molecule has 0 saturated heterocycles. The van der Waals surface area contributed by atoms with Crippen LogP contribution >= 0.6 is 0 Å². The molecule has 0 atom stereocenters. The average molecular weight is 207 g/mol. The normalized spacial score (nSPS) is 23.6. The molecule has 1 aliphatic rings. The molecule has 3 nitrogen and oxygen atoms in total. The van der Waals surface area contributed by atoms with Crippen molar-refractivity contribution in [2.45, 2.75) is 46.5 Å². The molecule has 1 rings (SSSR count). The molecule has 0 aromatic carbocycles. The second kappa shape index (κ2) is 3.77. The van der Waals surface area contributed by atoms with Gasteiger partial charge in [0.1, 0.15) is 11.6 Å². The van der Waals surface area contributed by atoms with Crippen LogP contribution in [0.5, 0.6) is 0 Å². The van der Waals surface area contributed by atoms with E-state index in [1.54, 1.807) is 6.92 Å². The monoisotopic (exact) mass is 207 g/mol. The Bertz CT molecular complexity index is 316. The predicted octanol–water partition coefficient (Wildman–Crippen LogP) is 2.25. The number of nitrogens with zero attached hydrogens (tertiary/aromatic N) is 1. The number of Topliss-reactive ketones (excluding diaryl/α,β-unsaturated/α-hetero) is 2. The van der Waals surface area contributed by atoms with Gasteiger partial charge in [0, 0.05) is 19.3 Å². The van der Waals surface area contributed by atoms with Gasteiger partial charge in [0.05, 0.1) is 11.5 Å². The summed E-state index contributed by atoms with van der Waals surface area (Å²) in [4.78, 5) is 23.8. The summed E-state index contributed by atoms with van der Waals surface area (Å²) >= 11 is 0. The molecule has 0 heterocycles. The number of ketones is 2. The first-order valence-electron chi connectivity index (χ1n) is 5.25. The van der Waals surface area contributed by atoms with Crippen LogP contribution in [0.15, 0.2) is 0 Å². The van der Waals surface area contributed by atoms with Crippen molar-refractivity contribution in [2.75, 3.05) is 0 Å². The molecule has 0 N–H and O–H groups in total. The minimum Gasteiger partial charge on any atom is -0.299 e. The third-order valence-corrected chi connectivity index (χ3v) is 3.25. The van der Waals surface area contributed by atoms with Gasteiger partial charge in [-0.05, 0) is 18.8 Å². The van der Waals surface area contributed by atoms with Gasteiger partial charge in [0.25, 0.3) is 0 Å². The molecule has 0 aromatic heterocycles. The van der Waals surface area contributed by atoms with Gasteiger partial charge in [0.15, 0.2) is 0 Å². The first kappa shape index (κ1) is 11.9. The molecule has 82 valence electrons. The molecule has 1 fully saturated rings. The fourth-order valence-electron chi connectivity index (χ4n) is 2.06. The molecular weight excluding hydrogens is 190 g/mol. The Morgan fingerprint density at radius 3 is 2.07 bits per heavy atom. The molecule has 0 spiro atoms. The molecule has 0 aliphatic heterocycles. The topological polar surface area (TPSA) is 57.9 Å². The fraction of sp³-hybridized carbons (Fsp3) is 0.750. The Morgan fingerprint density at radius 1 is 1.20 bits per heavy atom. The second-order valence-electron chi connectivity index (χ2n) is 5.35. The van der Waals surface area contributed by atoms with Gasteiger partial charge >= 0.3 is 0 Å². The zero-order valence-electron chi connectivity index (χ0n) is 9.59. The van der Waals surface area contributed by atoms with Gasteiger partial charge in [-0.1, -0.05) is 13.8 Å². The molecule has 0 radical (unpaired) electrons. The van der Waals surface area contributed by atoms with E-state index >= 15 is 0 Å². The number of hydrogen-bond acceptors (Lipinski definition) is 3. The van der Waals surface area contributed by atoms with Crippen LogP contribution in [0.1, 0.15) is 46.5 Å². The maximum Gasteiger partial charge on any atom is 0.146 e. The first-order chi connectivity index (χ1) is 6.82. The van der Waals surface area contributed by atoms with Crippen molar-refractivity contribution in [1.29, 1.82) is 5.26 Å². The summed E-state index contributed by atoms with van der Waals surface area (Å²) in [5, 5.41) is 8.51. The average Bonchev–Trinajstić information content (AvgIpc) is 2.10. The van der Waals surface area contributed by atoms with E-state index in [1.165, 1.54) is 0 Å². The number of carbonyl (C=O) groups excluding carboxylic acids is 2. The van der Waals surface area contributed by atoms with Crippen LogP contribution in [0.4, 0.5) is 0 Å². The molecule has 0 amide bonds. The summed E-state index contributed by atoms with van der Waals surface area (Å²) in [6.45, 7) is 5.56. The summed E-state index contributed by atoms with van der Waals surface area (Å²) < 4.78 is 0. The lowest BCUT2D eigenvalue weighted by atomic mass is 9.63. The highest BCUT2D eigenvalue weighted by Crippen LogP contribution is 2.42. The van der Waals surface area contributed by atoms with Crippen molar-refractivity contribution in [3.05, 3.63) is 0 Å². The Hall–Kier alpha value is -1.17. The van der Waals surface area contributed by atoms with Crippen LogP contribution in [0.25, 0.3) is 0 Å². The van der Waals surface area contributed by atoms with Gasteiger partial charge < -0.3 is 0 Å². The SMILES string of the molecule is CC1(C)CC(=O)C(C)(CCC#N)C(=O)C1. The zero-order valence-corrected chi connectivity index (χ0v) is 9.59. The summed E-state index contributed by atoms with van der Waals surface area (Å²) in [5.74, 6) is -0.00185. The van der Waals surface area contributed by atoms with Crippen LogP contribution in [-0.2, 0) is 9.59 Å². The zero-order chi connectivity index (χ0) is 11.7. The molecule has 1 aliphatic carbocycles. The minimum absolute atomic E-state index is 0.000926. The Morgan fingerprint density at radius 2 is 1.67 bits per heavy atom. The summed E-state index contributed by atoms with van der Waals surface area (Å²) in [6.07, 6.45) is 1.53. The molecule has 0 aromatic rings. The third kappa shape index (κ3) is 2.26. The van der Waals surface area contributed by atoms with Gasteiger partial charge in [0.2, 0.25) is 0 Å². The van der Waals surface area contributed by atoms with Crippen molar-refractivity contribution in [2.24, 2.45) is 10.8 Å². The van der Waals surface area contributed by atoms with Crippen LogP contribution in [0.2, 0.25) is 0 Å². The number of nitriles is 1. The van der Waals surface area contributed by atoms with Crippen LogP contribution in [-0.4, -0.2) is 11.6 Å². The number of rotatable bonds is 2. The molecular formula is C12H17NO2. The summed E-state index contributed by atoms with van der Waals surface area (Å²) in [5.41, 5.74) is -1.11. The van der Waals surface area contributed by atoms with Gasteiger partial charge in [-0.3, -0.25) is 9.59 Å². The second-order valence-corrected chi connectivity index (χ2v) is 5.35. The van der Waals surface area contributed by atoms with Crippen LogP contribution in [0.3, 0.4) is 0 Å². The Kier molecular flexibility index (Phi) is 2.99. The van der Waals surface area contributed by atoms with Crippen molar-refractivity contribution in [1.82, 2.24) is 0 Å². The van der Waals surface area contributed by atoms with Gasteiger partial charge in [-0.15, -0.1) is 0 Å². The first-order valence-corrected chi connectivity index (χ1v) is 5.25. The van der Waals surface area contributed by atoms with Crippen LogP contribution < -0.4 is 0 Å². The Balaban J connectivity index is 2.88. The van der Waals surface area contributed by atoms with Gasteiger partial charge in [-0.2, -0.15) is 5.26 Å². The standard InChI is InChI=1S/C12H17NO2/c1-11(2)7-9(14)12(3,5-4-6-13)10(15)8-11/h4-5,7-8H2,1-3H3. The van der Waals surface area contributed by atoms with E-state index in [0.29, 0.717) is 19.3 Å². The maximum atomic E-state index is 11.9. The molecule has 0 bridgehead atoms. The molecule has 3 heteroatoms. The van der Waals surface area contributed by atoms with E-state index in [2.05, 4.69) is 0 Å². The molecule has 15 heavy (non-hydrogen) atoms. The molecule has 0 unspecified atom stereocenters. The van der Waals surface area contributed by atoms with Crippen LogP contribution in [0, 0.1) is 22.2 Å². The minimum atomic E-state index is -0.898. The highest BCUT2D eigenvalue weighted by molar-refractivity contribution is 6.09. The lowest BCUT2D eigenvalue weighted by Gasteiger charge is -2.38. The maximum absolute atomic E-state index is 11.9. The van der Waals surface area contributed by atoms with Crippen molar-refractivity contribution in [3.63, 3.8) is 0 Å². The largest absolute Gasteiger partial charge is 0.299 e. The van der Waals surface area contributed by atoms with E-state index in [0.717, 1.165) is 0 Å². The quantitative estimate of drug-likeness (QED) is 0.652. The van der Waals surface area contributed by atoms with Crippen molar-refractivity contribution < 1.29 is 9.59 Å².